The van der Waals surface area contributed by atoms with E-state index in [1.165, 1.54) is 17.5 Å². The molecule has 4 heterocycles. The normalized spacial score (nSPS) is 9.97. The molecule has 0 unspecified atom stereocenters. The molecule has 0 saturated heterocycles. The molecule has 0 aliphatic carbocycles. The van der Waals surface area contributed by atoms with Crippen LogP contribution in [0, 0.1) is 29.6 Å². The molecular weight excluding hydrogens is 384 g/mol. The van der Waals surface area contributed by atoms with E-state index < -0.39 is 0 Å². The van der Waals surface area contributed by atoms with Gasteiger partial charge in [-0.3, -0.25) is 4.98 Å². The first-order valence-corrected chi connectivity index (χ1v) is 9.81. The van der Waals surface area contributed by atoms with Crippen molar-refractivity contribution in [1.29, 1.82) is 10.5 Å². The van der Waals surface area contributed by atoms with Gasteiger partial charge >= 0.3 is 0 Å². The summed E-state index contributed by atoms with van der Waals surface area (Å²) in [4.78, 5) is 4.56. The maximum Gasteiger partial charge on any atom is 0.151 e. The molecule has 144 valence electrons. The second kappa shape index (κ2) is 8.91. The molecule has 29 heavy (non-hydrogen) atoms. The predicted molar refractivity (Wildman–Crippen MR) is 112 cm³/mol. The van der Waals surface area contributed by atoms with Crippen LogP contribution in [0.3, 0.4) is 0 Å². The number of nitrogens with one attached hydrogen (secondary N) is 1. The lowest BCUT2D eigenvalue weighted by atomic mass is 10.2. The van der Waals surface area contributed by atoms with Gasteiger partial charge in [0.05, 0.1) is 40.3 Å². The zero-order valence-electron chi connectivity index (χ0n) is 16.2. The quantitative estimate of drug-likeness (QED) is 0.512. The van der Waals surface area contributed by atoms with Gasteiger partial charge in [0.2, 0.25) is 0 Å². The highest BCUT2D eigenvalue weighted by Crippen LogP contribution is 2.33. The smallest absolute Gasteiger partial charge is 0.151 e. The molecular formula is C20H18N8S. The fraction of sp³-hybridized carbons (Fsp3) is 0.200. The maximum atomic E-state index is 9.02. The summed E-state index contributed by atoms with van der Waals surface area (Å²) < 4.78 is 1.73. The summed E-state index contributed by atoms with van der Waals surface area (Å²) in [6.45, 7) is 6.05. The largest absolute Gasteiger partial charge is 0.372 e. The van der Waals surface area contributed by atoms with Crippen molar-refractivity contribution in [2.45, 2.75) is 20.8 Å². The van der Waals surface area contributed by atoms with Crippen molar-refractivity contribution in [2.24, 2.45) is 0 Å². The van der Waals surface area contributed by atoms with E-state index in [1.54, 1.807) is 16.8 Å². The van der Waals surface area contributed by atoms with Crippen molar-refractivity contribution in [3.05, 3.63) is 47.2 Å². The van der Waals surface area contributed by atoms with Crippen LogP contribution in [0.15, 0.2) is 36.7 Å². The highest BCUT2D eigenvalue weighted by molar-refractivity contribution is 7.14. The maximum absolute atomic E-state index is 9.02. The molecule has 0 bridgehead atoms. The van der Waals surface area contributed by atoms with Gasteiger partial charge in [-0.2, -0.15) is 15.6 Å². The monoisotopic (exact) mass is 402 g/mol. The van der Waals surface area contributed by atoms with Crippen molar-refractivity contribution in [3.63, 3.8) is 0 Å². The lowest BCUT2D eigenvalue weighted by molar-refractivity contribution is 0.939. The van der Waals surface area contributed by atoms with Gasteiger partial charge in [0.1, 0.15) is 17.6 Å². The van der Waals surface area contributed by atoms with Crippen LogP contribution < -0.4 is 5.32 Å². The second-order valence-corrected chi connectivity index (χ2v) is 6.85. The summed E-state index contributed by atoms with van der Waals surface area (Å²) in [6.07, 6.45) is 3.24. The Bertz CT molecular complexity index is 1230. The van der Waals surface area contributed by atoms with Crippen molar-refractivity contribution < 1.29 is 0 Å². The van der Waals surface area contributed by atoms with Crippen LogP contribution in [-0.4, -0.2) is 31.3 Å². The molecule has 1 N–H and O–H groups in total. The molecule has 0 atom stereocenters. The lowest BCUT2D eigenvalue weighted by Crippen LogP contribution is -2.02. The average molecular weight is 402 g/mol. The van der Waals surface area contributed by atoms with Crippen LogP contribution in [0.5, 0.6) is 0 Å². The van der Waals surface area contributed by atoms with Gasteiger partial charge in [-0.1, -0.05) is 25.2 Å². The molecule has 9 heteroatoms. The van der Waals surface area contributed by atoms with Crippen molar-refractivity contribution >= 4 is 22.5 Å². The minimum absolute atomic E-state index is 0.160. The highest BCUT2D eigenvalue weighted by atomic mass is 32.1. The van der Waals surface area contributed by atoms with Gasteiger partial charge in [0.25, 0.3) is 0 Å². The molecule has 4 rings (SSSR count). The highest BCUT2D eigenvalue weighted by Gasteiger charge is 2.14. The molecule has 0 spiro atoms. The van der Waals surface area contributed by atoms with E-state index in [2.05, 4.69) is 37.7 Å². The Hall–Kier alpha value is -3.82. The van der Waals surface area contributed by atoms with E-state index in [1.807, 2.05) is 39.0 Å². The summed E-state index contributed by atoms with van der Waals surface area (Å²) in [6, 6.07) is 11.6. The first kappa shape index (κ1) is 19.9. The zero-order chi connectivity index (χ0) is 20.8. The first-order valence-electron chi connectivity index (χ1n) is 8.99. The summed E-state index contributed by atoms with van der Waals surface area (Å²) in [5, 5.41) is 35.2. The summed E-state index contributed by atoms with van der Waals surface area (Å²) >= 11 is 1.47. The Morgan fingerprint density at radius 3 is 2.66 bits per heavy atom. The summed E-state index contributed by atoms with van der Waals surface area (Å²) in [5.41, 5.74) is 4.33. The first-order chi connectivity index (χ1) is 14.2. The van der Waals surface area contributed by atoms with E-state index in [0.717, 1.165) is 32.5 Å². The zero-order valence-corrected chi connectivity index (χ0v) is 17.0. The summed E-state index contributed by atoms with van der Waals surface area (Å²) in [7, 11) is 0. The van der Waals surface area contributed by atoms with Crippen molar-refractivity contribution in [2.75, 3.05) is 11.9 Å². The van der Waals surface area contributed by atoms with Gasteiger partial charge in [0.15, 0.2) is 5.01 Å². The van der Waals surface area contributed by atoms with Crippen molar-refractivity contribution in [3.8, 4) is 34.1 Å². The van der Waals surface area contributed by atoms with Gasteiger partial charge in [-0.25, -0.2) is 4.52 Å². The summed E-state index contributed by atoms with van der Waals surface area (Å²) in [5.74, 6) is 0. The molecule has 0 aromatic carbocycles. The third kappa shape index (κ3) is 4.05. The number of nitriles is 2. The van der Waals surface area contributed by atoms with E-state index in [9.17, 15) is 0 Å². The van der Waals surface area contributed by atoms with Gasteiger partial charge in [-0.15, -0.1) is 10.2 Å². The number of hydrogen-bond donors (Lipinski definition) is 1. The molecule has 0 aliphatic rings. The standard InChI is InChI=1S/C18H12N8S.C2H6/c1-11-24-25-18(27-11)14-10-22-16(7-15(14)21-5-4-19)17-3-2-13-6-12(8-20)9-23-26(13)17;1-2/h2-3,6-7,9-10H,5H2,1H3,(H,21,22);1-2H3. The molecule has 0 saturated carbocycles. The van der Waals surface area contributed by atoms with Crippen molar-refractivity contribution in [1.82, 2.24) is 24.8 Å². The Kier molecular flexibility index (Phi) is 6.12. The molecule has 0 fully saturated rings. The number of aromatic nitrogens is 5. The van der Waals surface area contributed by atoms with Gasteiger partial charge in [-0.05, 0) is 31.2 Å². The fourth-order valence-corrected chi connectivity index (χ4v) is 3.42. The Balaban J connectivity index is 0.00000117. The second-order valence-electron chi connectivity index (χ2n) is 5.66. The fourth-order valence-electron chi connectivity index (χ4n) is 2.71. The van der Waals surface area contributed by atoms with Crippen LogP contribution in [0.2, 0.25) is 0 Å². The van der Waals surface area contributed by atoms with Crippen LogP contribution in [-0.2, 0) is 0 Å². The van der Waals surface area contributed by atoms with Crippen LogP contribution in [0.1, 0.15) is 24.4 Å². The number of hydrogen-bond acceptors (Lipinski definition) is 8. The van der Waals surface area contributed by atoms with Crippen LogP contribution in [0.25, 0.3) is 27.5 Å². The molecule has 4 aromatic rings. The topological polar surface area (TPSA) is 116 Å². The molecule has 0 amide bonds. The third-order valence-electron chi connectivity index (χ3n) is 3.91. The van der Waals surface area contributed by atoms with E-state index in [0.29, 0.717) is 11.3 Å². The lowest BCUT2D eigenvalue weighted by Gasteiger charge is -2.10. The minimum Gasteiger partial charge on any atom is -0.372 e. The number of aryl methyl sites for hydroxylation is 1. The average Bonchev–Trinajstić information content (AvgIpc) is 3.39. The van der Waals surface area contributed by atoms with E-state index in [4.69, 9.17) is 10.5 Å². The molecule has 8 nitrogen and oxygen atoms in total. The van der Waals surface area contributed by atoms with Gasteiger partial charge in [0, 0.05) is 11.9 Å². The minimum atomic E-state index is 0.160. The Labute approximate surface area is 172 Å². The number of fused-ring (bicyclic) bond motifs is 1. The van der Waals surface area contributed by atoms with Crippen LogP contribution >= 0.6 is 11.3 Å². The van der Waals surface area contributed by atoms with E-state index >= 15 is 0 Å². The molecule has 0 radical (unpaired) electrons. The van der Waals surface area contributed by atoms with Crippen LogP contribution in [0.4, 0.5) is 5.69 Å². The SMILES string of the molecule is CC.Cc1nnc(-c2cnc(-c3ccc4cc(C#N)cnn34)cc2NCC#N)s1. The third-order valence-corrected chi connectivity index (χ3v) is 4.78. The number of rotatable bonds is 4. The molecule has 0 aliphatic heterocycles. The van der Waals surface area contributed by atoms with Gasteiger partial charge < -0.3 is 5.32 Å². The Morgan fingerprint density at radius 1 is 1.14 bits per heavy atom. The Morgan fingerprint density at radius 2 is 1.97 bits per heavy atom. The van der Waals surface area contributed by atoms with E-state index in [-0.39, 0.29) is 6.54 Å². The number of nitrogens with zero attached hydrogens (tertiary/aromatic N) is 7. The predicted octanol–water partition coefficient (Wildman–Crippen LogP) is 4.06. The molecule has 4 aromatic heterocycles. The number of pyridine rings is 1. The number of anilines is 1.